The first-order chi connectivity index (χ1) is 15.3. The maximum Gasteiger partial charge on any atom is 0.191 e. The molecule has 0 radical (unpaired) electrons. The van der Waals surface area contributed by atoms with E-state index in [1.165, 1.54) is 44.2 Å². The largest absolute Gasteiger partial charge is 0.497 e. The first-order valence-corrected chi connectivity index (χ1v) is 11.9. The third-order valence-electron chi connectivity index (χ3n) is 6.98. The van der Waals surface area contributed by atoms with E-state index < -0.39 is 0 Å². The van der Waals surface area contributed by atoms with Gasteiger partial charge in [0.25, 0.3) is 0 Å². The molecule has 3 atom stereocenters. The first-order valence-electron chi connectivity index (χ1n) is 11.9. The van der Waals surface area contributed by atoms with Crippen LogP contribution in [0.2, 0.25) is 0 Å². The monoisotopic (exact) mass is 557 g/mol. The van der Waals surface area contributed by atoms with Gasteiger partial charge in [-0.3, -0.25) is 14.8 Å². The van der Waals surface area contributed by atoms with E-state index in [1.807, 2.05) is 7.05 Å². The van der Waals surface area contributed by atoms with E-state index in [0.717, 1.165) is 51.0 Å². The van der Waals surface area contributed by atoms with Crippen molar-refractivity contribution in [2.24, 2.45) is 4.99 Å². The van der Waals surface area contributed by atoms with Crippen molar-refractivity contribution in [1.29, 1.82) is 0 Å². The van der Waals surface area contributed by atoms with Gasteiger partial charge in [-0.1, -0.05) is 18.6 Å². The molecule has 0 saturated carbocycles. The summed E-state index contributed by atoms with van der Waals surface area (Å²) in [5.74, 6) is 1.75. The molecule has 7 nitrogen and oxygen atoms in total. The van der Waals surface area contributed by atoms with E-state index in [9.17, 15) is 0 Å². The van der Waals surface area contributed by atoms with Crippen molar-refractivity contribution in [3.05, 3.63) is 29.8 Å². The molecule has 0 bridgehead atoms. The lowest BCUT2D eigenvalue weighted by Gasteiger charge is -2.36. The zero-order valence-electron chi connectivity index (χ0n) is 19.6. The maximum atomic E-state index is 6.09. The number of methoxy groups -OCH3 is 1. The van der Waals surface area contributed by atoms with Gasteiger partial charge in [-0.15, -0.1) is 24.0 Å². The molecule has 1 aromatic carbocycles. The highest BCUT2D eigenvalue weighted by molar-refractivity contribution is 14.0. The van der Waals surface area contributed by atoms with Crippen molar-refractivity contribution in [3.8, 4) is 5.75 Å². The van der Waals surface area contributed by atoms with Crippen LogP contribution >= 0.6 is 24.0 Å². The van der Waals surface area contributed by atoms with Crippen LogP contribution in [-0.2, 0) is 4.74 Å². The van der Waals surface area contributed by atoms with Crippen LogP contribution < -0.4 is 15.4 Å². The molecular weight excluding hydrogens is 517 g/mol. The Kier molecular flexibility index (Phi) is 10.3. The number of nitrogens with zero attached hydrogens (tertiary/aromatic N) is 3. The molecule has 0 aliphatic carbocycles. The van der Waals surface area contributed by atoms with Crippen LogP contribution in [-0.4, -0.2) is 87.9 Å². The number of hydrogen-bond acceptors (Lipinski definition) is 5. The fraction of sp³-hybridized carbons (Fsp3) is 0.708. The number of fused-ring (bicyclic) bond motifs is 1. The number of piperidine rings is 1. The molecule has 3 fully saturated rings. The Labute approximate surface area is 210 Å². The van der Waals surface area contributed by atoms with Crippen molar-refractivity contribution < 1.29 is 9.47 Å². The number of likely N-dealkylation sites (tertiary alicyclic amines) is 1. The molecule has 180 valence electrons. The molecule has 3 saturated heterocycles. The SMILES string of the molecule is CN=C(NCC1CN2CCCC2CO1)NCC(c1ccc(OC)cc1)N1CCCCC1.I. The van der Waals surface area contributed by atoms with E-state index in [2.05, 4.69) is 49.7 Å². The highest BCUT2D eigenvalue weighted by Gasteiger charge is 2.32. The Morgan fingerprint density at radius 2 is 1.91 bits per heavy atom. The Morgan fingerprint density at radius 3 is 2.62 bits per heavy atom. The molecule has 4 rings (SSSR count). The molecule has 3 heterocycles. The summed E-state index contributed by atoms with van der Waals surface area (Å²) < 4.78 is 11.4. The molecule has 1 aromatic rings. The normalized spacial score (nSPS) is 25.5. The first kappa shape index (κ1) is 25.5. The number of rotatable bonds is 7. The Bertz CT molecular complexity index is 711. The minimum absolute atomic E-state index is 0. The predicted molar refractivity (Wildman–Crippen MR) is 140 cm³/mol. The van der Waals surface area contributed by atoms with Gasteiger partial charge in [-0.2, -0.15) is 0 Å². The number of halogens is 1. The number of aliphatic imine (C=N–C) groups is 1. The smallest absolute Gasteiger partial charge is 0.191 e. The summed E-state index contributed by atoms with van der Waals surface area (Å²) in [6.45, 7) is 7.03. The standard InChI is InChI=1S/C24H39N5O2.HI/c1-25-24(26-15-22-17-29-14-6-7-20(29)18-31-22)27-16-23(28-12-4-3-5-13-28)19-8-10-21(30-2)11-9-19;/h8-11,20,22-23H,3-7,12-18H2,1-2H3,(H2,25,26,27);1H. The van der Waals surface area contributed by atoms with E-state index in [4.69, 9.17) is 9.47 Å². The van der Waals surface area contributed by atoms with E-state index >= 15 is 0 Å². The number of morpholine rings is 1. The van der Waals surface area contributed by atoms with Gasteiger partial charge in [0.15, 0.2) is 5.96 Å². The Morgan fingerprint density at radius 1 is 1.12 bits per heavy atom. The molecule has 0 spiro atoms. The van der Waals surface area contributed by atoms with Gasteiger partial charge in [-0.25, -0.2) is 0 Å². The summed E-state index contributed by atoms with van der Waals surface area (Å²) in [7, 11) is 3.56. The average Bonchev–Trinajstić information content (AvgIpc) is 3.30. The summed E-state index contributed by atoms with van der Waals surface area (Å²) in [5.41, 5.74) is 1.32. The van der Waals surface area contributed by atoms with Crippen LogP contribution in [0.3, 0.4) is 0 Å². The molecule has 2 N–H and O–H groups in total. The molecule has 0 aromatic heterocycles. The van der Waals surface area contributed by atoms with Crippen LogP contribution in [0.15, 0.2) is 29.3 Å². The summed E-state index contributed by atoms with van der Waals surface area (Å²) in [4.78, 5) is 9.65. The fourth-order valence-electron chi connectivity index (χ4n) is 5.15. The van der Waals surface area contributed by atoms with Crippen molar-refractivity contribution in [2.75, 3.05) is 60.0 Å². The molecule has 3 aliphatic heterocycles. The summed E-state index contributed by atoms with van der Waals surface area (Å²) >= 11 is 0. The second kappa shape index (κ2) is 13.0. The van der Waals surface area contributed by atoms with Crippen molar-refractivity contribution in [2.45, 2.75) is 50.3 Å². The highest BCUT2D eigenvalue weighted by atomic mass is 127. The van der Waals surface area contributed by atoms with Gasteiger partial charge in [0.2, 0.25) is 0 Å². The van der Waals surface area contributed by atoms with Crippen molar-refractivity contribution in [3.63, 3.8) is 0 Å². The number of nitrogens with one attached hydrogen (secondary N) is 2. The van der Waals surface area contributed by atoms with Gasteiger partial charge in [0.1, 0.15) is 5.75 Å². The van der Waals surface area contributed by atoms with Gasteiger partial charge >= 0.3 is 0 Å². The number of hydrogen-bond donors (Lipinski definition) is 2. The van der Waals surface area contributed by atoms with Gasteiger partial charge < -0.3 is 20.1 Å². The molecule has 8 heteroatoms. The van der Waals surface area contributed by atoms with Crippen molar-refractivity contribution >= 4 is 29.9 Å². The highest BCUT2D eigenvalue weighted by Crippen LogP contribution is 2.26. The van der Waals surface area contributed by atoms with Gasteiger partial charge in [0.05, 0.1) is 25.9 Å². The number of benzene rings is 1. The molecule has 0 amide bonds. The van der Waals surface area contributed by atoms with Gasteiger partial charge in [-0.05, 0) is 63.0 Å². The summed E-state index contributed by atoms with van der Waals surface area (Å²) in [6, 6.07) is 9.47. The van der Waals surface area contributed by atoms with Gasteiger partial charge in [0, 0.05) is 32.7 Å². The Balaban J connectivity index is 0.00000289. The lowest BCUT2D eigenvalue weighted by Crippen LogP contribution is -2.52. The van der Waals surface area contributed by atoms with Crippen LogP contribution in [0.25, 0.3) is 0 Å². The van der Waals surface area contributed by atoms with Crippen molar-refractivity contribution in [1.82, 2.24) is 20.4 Å². The van der Waals surface area contributed by atoms with Crippen LogP contribution in [0.4, 0.5) is 0 Å². The van der Waals surface area contributed by atoms with E-state index in [0.29, 0.717) is 12.1 Å². The average molecular weight is 558 g/mol. The predicted octanol–water partition coefficient (Wildman–Crippen LogP) is 2.87. The minimum Gasteiger partial charge on any atom is -0.497 e. The topological polar surface area (TPSA) is 61.4 Å². The van der Waals surface area contributed by atoms with E-state index in [1.54, 1.807) is 7.11 Å². The number of guanidine groups is 1. The third kappa shape index (κ3) is 6.71. The molecule has 32 heavy (non-hydrogen) atoms. The fourth-order valence-corrected chi connectivity index (χ4v) is 5.15. The molecular formula is C24H40IN5O2. The lowest BCUT2D eigenvalue weighted by molar-refractivity contribution is -0.0453. The van der Waals surface area contributed by atoms with Crippen LogP contribution in [0.1, 0.15) is 43.7 Å². The summed E-state index contributed by atoms with van der Waals surface area (Å²) in [6.07, 6.45) is 6.70. The van der Waals surface area contributed by atoms with Crippen LogP contribution in [0.5, 0.6) is 5.75 Å². The van der Waals surface area contributed by atoms with Crippen LogP contribution in [0, 0.1) is 0 Å². The third-order valence-corrected chi connectivity index (χ3v) is 6.98. The lowest BCUT2D eigenvalue weighted by atomic mass is 10.0. The zero-order chi connectivity index (χ0) is 21.5. The second-order valence-corrected chi connectivity index (χ2v) is 8.97. The zero-order valence-corrected chi connectivity index (χ0v) is 21.9. The second-order valence-electron chi connectivity index (χ2n) is 8.97. The Hall–Kier alpha value is -1.10. The quantitative estimate of drug-likeness (QED) is 0.306. The number of ether oxygens (including phenoxy) is 2. The molecule has 3 aliphatic rings. The maximum absolute atomic E-state index is 6.09. The molecule has 3 unspecified atom stereocenters. The van der Waals surface area contributed by atoms with E-state index in [-0.39, 0.29) is 30.1 Å². The minimum atomic E-state index is 0. The summed E-state index contributed by atoms with van der Waals surface area (Å²) in [5, 5.41) is 7.07.